The maximum absolute atomic E-state index is 12.4. The van der Waals surface area contributed by atoms with Crippen molar-refractivity contribution >= 4 is 11.7 Å². The minimum Gasteiger partial charge on any atom is -0.356 e. The second-order valence-corrected chi connectivity index (χ2v) is 6.53. The molecule has 0 bridgehead atoms. The molecule has 1 aliphatic heterocycles. The third-order valence-electron chi connectivity index (χ3n) is 4.62. The van der Waals surface area contributed by atoms with Crippen molar-refractivity contribution in [3.05, 3.63) is 42.6 Å². The summed E-state index contributed by atoms with van der Waals surface area (Å²) in [6.45, 7) is 4.57. The number of hydrogen-bond acceptors (Lipinski definition) is 4. The van der Waals surface area contributed by atoms with Crippen LogP contribution in [0, 0.1) is 5.92 Å². The first kappa shape index (κ1) is 17.4. The van der Waals surface area contributed by atoms with Gasteiger partial charge in [0.05, 0.1) is 5.92 Å². The summed E-state index contributed by atoms with van der Waals surface area (Å²) >= 11 is 0. The molecular formula is C20H26N4O. The van der Waals surface area contributed by atoms with Gasteiger partial charge in [0.1, 0.15) is 5.82 Å². The Balaban J connectivity index is 1.68. The van der Waals surface area contributed by atoms with Crippen LogP contribution >= 0.6 is 0 Å². The van der Waals surface area contributed by atoms with Gasteiger partial charge in [0.25, 0.3) is 0 Å². The van der Waals surface area contributed by atoms with Gasteiger partial charge in [-0.25, -0.2) is 9.97 Å². The standard InChI is InChI=1S/C20H26N4O/c1-2-3-12-22-20(25)17-10-7-14-24(15-17)18-11-13-21-19(23-18)16-8-5-4-6-9-16/h4-6,8-9,11,13,17H,2-3,7,10,12,14-15H2,1H3,(H,22,25)/t17-/m0/s1. The SMILES string of the molecule is CCCCNC(=O)[C@H]1CCCN(c2ccnc(-c3ccccc3)n2)C1. The molecule has 3 rings (SSSR count). The van der Waals surface area contributed by atoms with E-state index in [0.29, 0.717) is 0 Å². The van der Waals surface area contributed by atoms with Crippen LogP contribution in [0.1, 0.15) is 32.6 Å². The molecule has 1 atom stereocenters. The van der Waals surface area contributed by atoms with Crippen molar-refractivity contribution in [1.82, 2.24) is 15.3 Å². The molecule has 25 heavy (non-hydrogen) atoms. The van der Waals surface area contributed by atoms with Gasteiger partial charge in [-0.3, -0.25) is 4.79 Å². The number of carbonyl (C=O) groups is 1. The Hall–Kier alpha value is -2.43. The van der Waals surface area contributed by atoms with Crippen molar-refractivity contribution in [2.45, 2.75) is 32.6 Å². The van der Waals surface area contributed by atoms with Crippen molar-refractivity contribution < 1.29 is 4.79 Å². The van der Waals surface area contributed by atoms with E-state index in [1.165, 1.54) is 0 Å². The maximum Gasteiger partial charge on any atom is 0.224 e. The number of anilines is 1. The lowest BCUT2D eigenvalue weighted by atomic mass is 9.97. The summed E-state index contributed by atoms with van der Waals surface area (Å²) in [5.41, 5.74) is 1.01. The first-order valence-electron chi connectivity index (χ1n) is 9.19. The van der Waals surface area contributed by atoms with Gasteiger partial charge in [0.2, 0.25) is 5.91 Å². The molecule has 1 aliphatic rings. The molecule has 5 heteroatoms. The first-order valence-corrected chi connectivity index (χ1v) is 9.19. The summed E-state index contributed by atoms with van der Waals surface area (Å²) in [4.78, 5) is 23.7. The minimum atomic E-state index is 0.0424. The fraction of sp³-hybridized carbons (Fsp3) is 0.450. The quantitative estimate of drug-likeness (QED) is 0.821. The summed E-state index contributed by atoms with van der Waals surface area (Å²) < 4.78 is 0. The Morgan fingerprint density at radius 2 is 2.12 bits per heavy atom. The molecule has 1 saturated heterocycles. The molecule has 0 saturated carbocycles. The summed E-state index contributed by atoms with van der Waals surface area (Å²) in [6, 6.07) is 11.9. The van der Waals surface area contributed by atoms with Crippen LogP contribution in [0.5, 0.6) is 0 Å². The fourth-order valence-electron chi connectivity index (χ4n) is 3.18. The number of nitrogens with zero attached hydrogens (tertiary/aromatic N) is 3. The van der Waals surface area contributed by atoms with Gasteiger partial charge in [-0.15, -0.1) is 0 Å². The number of aromatic nitrogens is 2. The van der Waals surface area contributed by atoms with Gasteiger partial charge >= 0.3 is 0 Å². The Bertz CT molecular complexity index is 689. The number of rotatable bonds is 6. The minimum absolute atomic E-state index is 0.0424. The molecule has 0 spiro atoms. The molecule has 2 aromatic rings. The second kappa shape index (κ2) is 8.60. The van der Waals surface area contributed by atoms with E-state index in [1.54, 1.807) is 6.20 Å². The monoisotopic (exact) mass is 338 g/mol. The molecule has 132 valence electrons. The predicted molar refractivity (Wildman–Crippen MR) is 100 cm³/mol. The molecule has 2 heterocycles. The van der Waals surface area contributed by atoms with E-state index in [2.05, 4.69) is 22.1 Å². The second-order valence-electron chi connectivity index (χ2n) is 6.53. The van der Waals surface area contributed by atoms with Crippen LogP contribution < -0.4 is 10.2 Å². The molecule has 1 fully saturated rings. The van der Waals surface area contributed by atoms with Gasteiger partial charge < -0.3 is 10.2 Å². The zero-order valence-electron chi connectivity index (χ0n) is 14.8. The topological polar surface area (TPSA) is 58.1 Å². The van der Waals surface area contributed by atoms with E-state index in [0.717, 1.165) is 62.5 Å². The van der Waals surface area contributed by atoms with Crippen LogP contribution in [0.3, 0.4) is 0 Å². The van der Waals surface area contributed by atoms with Crippen molar-refractivity contribution in [1.29, 1.82) is 0 Å². The lowest BCUT2D eigenvalue weighted by Gasteiger charge is -2.33. The highest BCUT2D eigenvalue weighted by atomic mass is 16.1. The average Bonchev–Trinajstić information content (AvgIpc) is 2.69. The Labute approximate surface area is 149 Å². The molecule has 1 amide bonds. The Morgan fingerprint density at radius 3 is 2.92 bits per heavy atom. The van der Waals surface area contributed by atoms with Gasteiger partial charge in [-0.1, -0.05) is 43.7 Å². The van der Waals surface area contributed by atoms with Crippen LogP contribution in [0.4, 0.5) is 5.82 Å². The zero-order valence-corrected chi connectivity index (χ0v) is 14.8. The van der Waals surface area contributed by atoms with Crippen molar-refractivity contribution in [3.8, 4) is 11.4 Å². The highest BCUT2D eigenvalue weighted by Gasteiger charge is 2.26. The number of piperidine rings is 1. The zero-order chi connectivity index (χ0) is 17.5. The first-order chi connectivity index (χ1) is 12.3. The summed E-state index contributed by atoms with van der Waals surface area (Å²) in [5, 5.41) is 3.06. The number of hydrogen-bond donors (Lipinski definition) is 1. The number of amides is 1. The molecule has 0 unspecified atom stereocenters. The Morgan fingerprint density at radius 1 is 1.28 bits per heavy atom. The summed E-state index contributed by atoms with van der Waals surface area (Å²) in [5.74, 6) is 1.85. The number of benzene rings is 1. The number of unbranched alkanes of at least 4 members (excludes halogenated alkanes) is 1. The highest BCUT2D eigenvalue weighted by molar-refractivity contribution is 5.79. The van der Waals surface area contributed by atoms with Gasteiger partial charge in [0.15, 0.2) is 5.82 Å². The van der Waals surface area contributed by atoms with Gasteiger partial charge in [-0.2, -0.15) is 0 Å². The largest absolute Gasteiger partial charge is 0.356 e. The molecule has 1 aromatic carbocycles. The number of carbonyl (C=O) groups excluding carboxylic acids is 1. The molecule has 1 aromatic heterocycles. The highest BCUT2D eigenvalue weighted by Crippen LogP contribution is 2.23. The molecule has 5 nitrogen and oxygen atoms in total. The van der Waals surface area contributed by atoms with E-state index in [4.69, 9.17) is 4.98 Å². The van der Waals surface area contributed by atoms with Crippen molar-refractivity contribution in [2.24, 2.45) is 5.92 Å². The van der Waals surface area contributed by atoms with E-state index in [9.17, 15) is 4.79 Å². The maximum atomic E-state index is 12.4. The lowest BCUT2D eigenvalue weighted by Crippen LogP contribution is -2.43. The van der Waals surface area contributed by atoms with E-state index < -0.39 is 0 Å². The van der Waals surface area contributed by atoms with Crippen LogP contribution in [0.25, 0.3) is 11.4 Å². The normalized spacial score (nSPS) is 17.3. The van der Waals surface area contributed by atoms with Gasteiger partial charge in [-0.05, 0) is 25.3 Å². The van der Waals surface area contributed by atoms with Gasteiger partial charge in [0, 0.05) is 31.4 Å². The van der Waals surface area contributed by atoms with E-state index in [-0.39, 0.29) is 11.8 Å². The molecule has 1 N–H and O–H groups in total. The average molecular weight is 338 g/mol. The summed E-state index contributed by atoms with van der Waals surface area (Å²) in [6.07, 6.45) is 5.89. The number of nitrogens with one attached hydrogen (secondary N) is 1. The molecule has 0 radical (unpaired) electrons. The Kier molecular flexibility index (Phi) is 5.99. The lowest BCUT2D eigenvalue weighted by molar-refractivity contribution is -0.125. The summed E-state index contributed by atoms with van der Waals surface area (Å²) in [7, 11) is 0. The predicted octanol–water partition coefficient (Wildman–Crippen LogP) is 3.28. The smallest absolute Gasteiger partial charge is 0.224 e. The van der Waals surface area contributed by atoms with Crippen LogP contribution in [-0.2, 0) is 4.79 Å². The van der Waals surface area contributed by atoms with E-state index in [1.807, 2.05) is 36.4 Å². The van der Waals surface area contributed by atoms with Crippen LogP contribution in [0.15, 0.2) is 42.6 Å². The third kappa shape index (κ3) is 4.56. The van der Waals surface area contributed by atoms with Crippen molar-refractivity contribution in [2.75, 3.05) is 24.5 Å². The van der Waals surface area contributed by atoms with Crippen LogP contribution in [0.2, 0.25) is 0 Å². The van der Waals surface area contributed by atoms with E-state index >= 15 is 0 Å². The molecular weight excluding hydrogens is 312 g/mol. The van der Waals surface area contributed by atoms with Crippen molar-refractivity contribution in [3.63, 3.8) is 0 Å². The van der Waals surface area contributed by atoms with Crippen LogP contribution in [-0.4, -0.2) is 35.5 Å². The third-order valence-corrected chi connectivity index (χ3v) is 4.62. The molecule has 0 aliphatic carbocycles. The fourth-order valence-corrected chi connectivity index (χ4v) is 3.18.